The largest absolute Gasteiger partial charge is 0.550 e. The van der Waals surface area contributed by atoms with Crippen LogP contribution in [-0.4, -0.2) is 16.9 Å². The molecule has 5 nitrogen and oxygen atoms in total. The van der Waals surface area contributed by atoms with Crippen molar-refractivity contribution < 1.29 is 14.7 Å². The van der Waals surface area contributed by atoms with Gasteiger partial charge < -0.3 is 9.90 Å². The van der Waals surface area contributed by atoms with Crippen LogP contribution in [0.25, 0.3) is 5.70 Å². The predicted octanol–water partition coefficient (Wildman–Crippen LogP) is 2.04. The quantitative estimate of drug-likeness (QED) is 0.877. The van der Waals surface area contributed by atoms with Gasteiger partial charge in [0.1, 0.15) is 0 Å². The van der Waals surface area contributed by atoms with Gasteiger partial charge in [-0.1, -0.05) is 60.7 Å². The Morgan fingerprint density at radius 3 is 2.24 bits per heavy atom. The number of carbonyl (C=O) groups is 2. The topological polar surface area (TPSA) is 72.5 Å². The Kier molecular flexibility index (Phi) is 5.14. The second-order valence-electron chi connectivity index (χ2n) is 5.90. The van der Waals surface area contributed by atoms with E-state index >= 15 is 0 Å². The molecule has 2 aromatic rings. The van der Waals surface area contributed by atoms with Crippen molar-refractivity contribution in [3.05, 3.63) is 77.9 Å². The van der Waals surface area contributed by atoms with Crippen LogP contribution in [0.2, 0.25) is 0 Å². The molecular formula is C20H19N2O3-. The molecule has 128 valence electrons. The van der Waals surface area contributed by atoms with Crippen molar-refractivity contribution in [1.82, 2.24) is 10.4 Å². The first-order chi connectivity index (χ1) is 12.1. The number of benzene rings is 2. The highest BCUT2D eigenvalue weighted by molar-refractivity contribution is 5.81. The number of nitrogens with one attached hydrogen (secondary N) is 1. The van der Waals surface area contributed by atoms with Crippen molar-refractivity contribution in [3.8, 4) is 0 Å². The van der Waals surface area contributed by atoms with Crippen molar-refractivity contribution in [3.63, 3.8) is 0 Å². The van der Waals surface area contributed by atoms with Gasteiger partial charge in [-0.25, -0.2) is 5.01 Å². The lowest BCUT2D eigenvalue weighted by Gasteiger charge is -2.25. The summed E-state index contributed by atoms with van der Waals surface area (Å²) in [5, 5.41) is 12.1. The zero-order valence-electron chi connectivity index (χ0n) is 13.7. The van der Waals surface area contributed by atoms with E-state index in [-0.39, 0.29) is 31.2 Å². The Morgan fingerprint density at radius 1 is 0.960 bits per heavy atom. The number of nitrogens with zero attached hydrogens (tertiary/aromatic N) is 1. The number of carbonyl (C=O) groups excluding carboxylic acids is 2. The van der Waals surface area contributed by atoms with E-state index in [9.17, 15) is 14.7 Å². The highest BCUT2D eigenvalue weighted by Gasteiger charge is 2.30. The molecule has 0 bridgehead atoms. The summed E-state index contributed by atoms with van der Waals surface area (Å²) in [6.45, 7) is 0. The molecule has 1 N–H and O–H groups in total. The number of hydrogen-bond acceptors (Lipinski definition) is 4. The molecule has 0 aliphatic carbocycles. The third kappa shape index (κ3) is 4.07. The lowest BCUT2D eigenvalue weighted by atomic mass is 10.0. The van der Waals surface area contributed by atoms with Gasteiger partial charge in [-0.15, -0.1) is 0 Å². The summed E-state index contributed by atoms with van der Waals surface area (Å²) in [7, 11) is 0. The molecular weight excluding hydrogens is 316 g/mol. The summed E-state index contributed by atoms with van der Waals surface area (Å²) in [5.74, 6) is -1.28. The molecule has 0 radical (unpaired) electrons. The summed E-state index contributed by atoms with van der Waals surface area (Å²) in [6, 6.07) is 19.3. The third-order valence-electron chi connectivity index (χ3n) is 4.11. The van der Waals surface area contributed by atoms with Gasteiger partial charge in [0.05, 0.1) is 11.7 Å². The van der Waals surface area contributed by atoms with Crippen LogP contribution in [0, 0.1) is 0 Å². The summed E-state index contributed by atoms with van der Waals surface area (Å²) < 4.78 is 0. The van der Waals surface area contributed by atoms with Gasteiger partial charge >= 0.3 is 0 Å². The van der Waals surface area contributed by atoms with E-state index in [4.69, 9.17) is 0 Å². The number of hydrogen-bond donors (Lipinski definition) is 1. The van der Waals surface area contributed by atoms with Crippen LogP contribution in [0.5, 0.6) is 0 Å². The van der Waals surface area contributed by atoms with Crippen molar-refractivity contribution in [2.24, 2.45) is 0 Å². The van der Waals surface area contributed by atoms with Crippen LogP contribution in [0.1, 0.15) is 36.4 Å². The van der Waals surface area contributed by atoms with Gasteiger partial charge in [0, 0.05) is 12.4 Å². The first-order valence-electron chi connectivity index (χ1n) is 8.26. The maximum Gasteiger partial charge on any atom is 0.241 e. The van der Waals surface area contributed by atoms with Crippen LogP contribution >= 0.6 is 0 Å². The molecule has 1 heterocycles. The lowest BCUT2D eigenvalue weighted by molar-refractivity contribution is -0.305. The Hall–Kier alpha value is -3.08. The van der Waals surface area contributed by atoms with E-state index in [2.05, 4.69) is 5.43 Å². The molecule has 0 unspecified atom stereocenters. The minimum Gasteiger partial charge on any atom is -0.550 e. The fraction of sp³-hybridized carbons (Fsp3) is 0.200. The lowest BCUT2D eigenvalue weighted by Crippen LogP contribution is -2.39. The van der Waals surface area contributed by atoms with Gasteiger partial charge in [0.15, 0.2) is 0 Å². The van der Waals surface area contributed by atoms with Gasteiger partial charge in [0.25, 0.3) is 0 Å². The summed E-state index contributed by atoms with van der Waals surface area (Å²) >= 11 is 0. The first-order valence-corrected chi connectivity index (χ1v) is 8.26. The molecule has 1 aliphatic heterocycles. The monoisotopic (exact) mass is 335 g/mol. The second-order valence-corrected chi connectivity index (χ2v) is 5.90. The first kappa shape index (κ1) is 16.8. The van der Waals surface area contributed by atoms with Crippen LogP contribution < -0.4 is 10.5 Å². The van der Waals surface area contributed by atoms with E-state index in [0.717, 1.165) is 16.8 Å². The molecule has 1 aliphatic rings. The van der Waals surface area contributed by atoms with Crippen LogP contribution in [-0.2, 0) is 9.59 Å². The van der Waals surface area contributed by atoms with Crippen LogP contribution in [0.4, 0.5) is 0 Å². The van der Waals surface area contributed by atoms with Gasteiger partial charge in [-0.05, 0) is 30.0 Å². The minimum absolute atomic E-state index is 0.117. The van der Waals surface area contributed by atoms with Crippen molar-refractivity contribution in [1.29, 1.82) is 0 Å². The van der Waals surface area contributed by atoms with Gasteiger partial charge in [-0.2, -0.15) is 0 Å². The highest BCUT2D eigenvalue weighted by Crippen LogP contribution is 2.31. The molecule has 2 aromatic carbocycles. The molecule has 0 spiro atoms. The molecule has 1 atom stereocenters. The Bertz CT molecular complexity index is 772. The number of amides is 1. The molecule has 3 rings (SSSR count). The van der Waals surface area contributed by atoms with E-state index in [1.807, 2.05) is 66.7 Å². The van der Waals surface area contributed by atoms with E-state index in [1.54, 1.807) is 5.01 Å². The zero-order chi connectivity index (χ0) is 17.6. The van der Waals surface area contributed by atoms with Crippen molar-refractivity contribution in [2.45, 2.75) is 25.3 Å². The molecule has 0 saturated carbocycles. The molecule has 25 heavy (non-hydrogen) atoms. The smallest absolute Gasteiger partial charge is 0.241 e. The average Bonchev–Trinajstić information content (AvgIpc) is 3.08. The Balaban J connectivity index is 1.81. The SMILES string of the molecule is O=C([O-])CCCC(=O)N1NC(c2ccccc2)=C[C@@H]1c1ccccc1. The molecule has 1 amide bonds. The maximum absolute atomic E-state index is 12.6. The fourth-order valence-electron chi connectivity index (χ4n) is 2.86. The van der Waals surface area contributed by atoms with Crippen molar-refractivity contribution in [2.75, 3.05) is 0 Å². The summed E-state index contributed by atoms with van der Waals surface area (Å²) in [4.78, 5) is 23.2. The van der Waals surface area contributed by atoms with E-state index in [1.165, 1.54) is 0 Å². The Labute approximate surface area is 146 Å². The second kappa shape index (κ2) is 7.66. The van der Waals surface area contributed by atoms with Gasteiger partial charge in [0.2, 0.25) is 5.91 Å². The standard InChI is InChI=1S/C20H20N2O3/c23-19(12-7-13-20(24)25)22-18(16-10-5-2-6-11-16)14-17(21-22)15-8-3-1-4-9-15/h1-6,8-11,14,18,21H,7,12-13H2,(H,24,25)/p-1/t18-/m1/s1. The number of rotatable bonds is 6. The molecule has 0 fully saturated rings. The van der Waals surface area contributed by atoms with Gasteiger partial charge in [-0.3, -0.25) is 10.2 Å². The molecule has 0 aromatic heterocycles. The average molecular weight is 335 g/mol. The van der Waals surface area contributed by atoms with Crippen LogP contribution in [0.15, 0.2) is 66.7 Å². The number of aliphatic carboxylic acids is 1. The number of carboxylic acids is 1. The van der Waals surface area contributed by atoms with Crippen molar-refractivity contribution >= 4 is 17.6 Å². The zero-order valence-corrected chi connectivity index (χ0v) is 13.7. The fourth-order valence-corrected chi connectivity index (χ4v) is 2.86. The summed E-state index contributed by atoms with van der Waals surface area (Å²) in [6.07, 6.45) is 2.32. The van der Waals surface area contributed by atoms with Crippen LogP contribution in [0.3, 0.4) is 0 Å². The van der Waals surface area contributed by atoms with E-state index in [0.29, 0.717) is 0 Å². The minimum atomic E-state index is -1.13. The highest BCUT2D eigenvalue weighted by atomic mass is 16.4. The number of carboxylic acid groups (broad SMARTS) is 1. The molecule has 0 saturated heterocycles. The number of hydrazine groups is 1. The predicted molar refractivity (Wildman–Crippen MR) is 92.4 cm³/mol. The Morgan fingerprint density at radius 2 is 1.60 bits per heavy atom. The van der Waals surface area contributed by atoms with E-state index < -0.39 is 5.97 Å². The normalized spacial score (nSPS) is 16.2. The maximum atomic E-state index is 12.6. The third-order valence-corrected chi connectivity index (χ3v) is 4.11. The molecule has 5 heteroatoms. The summed E-state index contributed by atoms with van der Waals surface area (Å²) in [5.41, 5.74) is 6.03.